The first-order chi connectivity index (χ1) is 13.6. The minimum absolute atomic E-state index is 0.0272. The molecule has 0 radical (unpaired) electrons. The largest absolute Gasteiger partial charge is 0.352 e. The van der Waals surface area contributed by atoms with Gasteiger partial charge in [-0.15, -0.1) is 11.3 Å². The highest BCUT2D eigenvalue weighted by atomic mass is 32.1. The second kappa shape index (κ2) is 8.06. The third-order valence-electron chi connectivity index (χ3n) is 4.89. The number of benzene rings is 1. The summed E-state index contributed by atoms with van der Waals surface area (Å²) in [5, 5.41) is 1.10. The molecule has 7 heteroatoms. The average Bonchev–Trinajstić information content (AvgIpc) is 3.17. The van der Waals surface area contributed by atoms with Gasteiger partial charge in [-0.2, -0.15) is 0 Å². The highest BCUT2D eigenvalue weighted by Gasteiger charge is 2.22. The Morgan fingerprint density at radius 3 is 2.64 bits per heavy atom. The first kappa shape index (κ1) is 18.6. The number of halogens is 1. The molecule has 3 aromatic rings. The fraction of sp³-hybridized carbons (Fsp3) is 0.286. The van der Waals surface area contributed by atoms with Crippen molar-refractivity contribution < 1.29 is 9.18 Å². The standard InChI is InChI=1S/C21H21FN4OS/c1-2-17-13-18-20(23-14-24-21(18)28-17)26-11-9-25(10-12-26)19(27)8-5-15-3-6-16(22)7-4-15/h3-8,13-14H,2,9-12H2,1H3/b8-5+. The Morgan fingerprint density at radius 1 is 1.18 bits per heavy atom. The maximum atomic E-state index is 13.0. The molecular weight excluding hydrogens is 375 g/mol. The Kier molecular flexibility index (Phi) is 5.34. The molecule has 1 fully saturated rings. The minimum atomic E-state index is -0.282. The number of piperazine rings is 1. The summed E-state index contributed by atoms with van der Waals surface area (Å²) < 4.78 is 13.0. The van der Waals surface area contributed by atoms with Gasteiger partial charge in [-0.3, -0.25) is 4.79 Å². The van der Waals surface area contributed by atoms with E-state index in [2.05, 4.69) is 27.9 Å². The van der Waals surface area contributed by atoms with E-state index in [1.165, 1.54) is 17.0 Å². The summed E-state index contributed by atoms with van der Waals surface area (Å²) in [5.74, 6) is 0.644. The molecule has 5 nitrogen and oxygen atoms in total. The lowest BCUT2D eigenvalue weighted by molar-refractivity contribution is -0.126. The summed E-state index contributed by atoms with van der Waals surface area (Å²) in [6.07, 6.45) is 5.89. The number of rotatable bonds is 4. The van der Waals surface area contributed by atoms with E-state index in [1.807, 2.05) is 4.90 Å². The van der Waals surface area contributed by atoms with Crippen molar-refractivity contribution in [1.29, 1.82) is 0 Å². The Morgan fingerprint density at radius 2 is 1.93 bits per heavy atom. The number of hydrogen-bond acceptors (Lipinski definition) is 5. The second-order valence-corrected chi connectivity index (χ2v) is 7.79. The molecule has 1 aromatic carbocycles. The minimum Gasteiger partial charge on any atom is -0.352 e. The lowest BCUT2D eigenvalue weighted by atomic mass is 10.2. The molecule has 1 aliphatic rings. The first-order valence-corrected chi connectivity index (χ1v) is 10.2. The Hall–Kier alpha value is -2.80. The van der Waals surface area contributed by atoms with Crippen LogP contribution in [-0.4, -0.2) is 47.0 Å². The topological polar surface area (TPSA) is 49.3 Å². The number of carbonyl (C=O) groups is 1. The van der Waals surface area contributed by atoms with E-state index in [-0.39, 0.29) is 11.7 Å². The SMILES string of the molecule is CCc1cc2c(N3CCN(C(=O)/C=C/c4ccc(F)cc4)CC3)ncnc2s1. The van der Waals surface area contributed by atoms with Gasteiger partial charge in [0.05, 0.1) is 5.39 Å². The van der Waals surface area contributed by atoms with E-state index >= 15 is 0 Å². The monoisotopic (exact) mass is 396 g/mol. The van der Waals surface area contributed by atoms with Crippen LogP contribution in [-0.2, 0) is 11.2 Å². The lowest BCUT2D eigenvalue weighted by Crippen LogP contribution is -2.48. The predicted molar refractivity (Wildman–Crippen MR) is 111 cm³/mol. The summed E-state index contributed by atoms with van der Waals surface area (Å²) in [6, 6.07) is 8.27. The summed E-state index contributed by atoms with van der Waals surface area (Å²) in [7, 11) is 0. The van der Waals surface area contributed by atoms with Crippen LogP contribution in [0.5, 0.6) is 0 Å². The molecular formula is C21H21FN4OS. The number of anilines is 1. The fourth-order valence-electron chi connectivity index (χ4n) is 3.30. The number of hydrogen-bond donors (Lipinski definition) is 0. The van der Waals surface area contributed by atoms with E-state index in [9.17, 15) is 9.18 Å². The Balaban J connectivity index is 1.41. The zero-order valence-corrected chi connectivity index (χ0v) is 16.5. The highest BCUT2D eigenvalue weighted by Crippen LogP contribution is 2.30. The van der Waals surface area contributed by atoms with Gasteiger partial charge >= 0.3 is 0 Å². The molecule has 0 bridgehead atoms. The van der Waals surface area contributed by atoms with Gasteiger partial charge in [-0.25, -0.2) is 14.4 Å². The van der Waals surface area contributed by atoms with Crippen LogP contribution in [0.2, 0.25) is 0 Å². The molecule has 28 heavy (non-hydrogen) atoms. The van der Waals surface area contributed by atoms with Crippen molar-refractivity contribution in [2.45, 2.75) is 13.3 Å². The van der Waals surface area contributed by atoms with Crippen LogP contribution in [0.3, 0.4) is 0 Å². The maximum Gasteiger partial charge on any atom is 0.246 e. The molecule has 3 heterocycles. The second-order valence-electron chi connectivity index (χ2n) is 6.68. The number of fused-ring (bicyclic) bond motifs is 1. The third kappa shape index (κ3) is 3.89. The van der Waals surface area contributed by atoms with Gasteiger partial charge in [-0.05, 0) is 36.3 Å². The van der Waals surface area contributed by atoms with Crippen LogP contribution in [0.15, 0.2) is 42.7 Å². The van der Waals surface area contributed by atoms with Crippen molar-refractivity contribution in [3.63, 3.8) is 0 Å². The van der Waals surface area contributed by atoms with E-state index in [0.29, 0.717) is 13.1 Å². The molecule has 1 amide bonds. The number of thiophene rings is 1. The van der Waals surface area contributed by atoms with Crippen LogP contribution in [0.4, 0.5) is 10.2 Å². The van der Waals surface area contributed by atoms with Gasteiger partial charge in [0.25, 0.3) is 0 Å². The molecule has 4 rings (SSSR count). The lowest BCUT2D eigenvalue weighted by Gasteiger charge is -2.35. The summed E-state index contributed by atoms with van der Waals surface area (Å²) >= 11 is 1.71. The highest BCUT2D eigenvalue weighted by molar-refractivity contribution is 7.18. The zero-order chi connectivity index (χ0) is 19.5. The van der Waals surface area contributed by atoms with Crippen molar-refractivity contribution in [1.82, 2.24) is 14.9 Å². The van der Waals surface area contributed by atoms with E-state index in [4.69, 9.17) is 0 Å². The molecule has 0 atom stereocenters. The van der Waals surface area contributed by atoms with Gasteiger partial charge in [0.2, 0.25) is 5.91 Å². The van der Waals surface area contributed by atoms with Crippen LogP contribution >= 0.6 is 11.3 Å². The molecule has 0 aliphatic carbocycles. The van der Waals surface area contributed by atoms with E-state index in [1.54, 1.807) is 41.9 Å². The molecule has 1 aliphatic heterocycles. The third-order valence-corrected chi connectivity index (χ3v) is 6.07. The summed E-state index contributed by atoms with van der Waals surface area (Å²) in [5.41, 5.74) is 0.806. The number of nitrogens with zero attached hydrogens (tertiary/aromatic N) is 4. The van der Waals surface area contributed by atoms with Crippen molar-refractivity contribution in [3.8, 4) is 0 Å². The normalized spacial score (nSPS) is 14.9. The van der Waals surface area contributed by atoms with Crippen LogP contribution < -0.4 is 4.90 Å². The quantitative estimate of drug-likeness (QED) is 0.630. The molecule has 0 spiro atoms. The van der Waals surface area contributed by atoms with Gasteiger partial charge in [0.1, 0.15) is 22.8 Å². The van der Waals surface area contributed by atoms with Gasteiger partial charge in [-0.1, -0.05) is 19.1 Å². The Labute approximate surface area is 167 Å². The van der Waals surface area contributed by atoms with Gasteiger partial charge in [0.15, 0.2) is 0 Å². The van der Waals surface area contributed by atoms with Crippen LogP contribution in [0, 0.1) is 5.82 Å². The molecule has 0 N–H and O–H groups in total. The molecule has 0 saturated carbocycles. The van der Waals surface area contributed by atoms with Crippen molar-refractivity contribution in [2.75, 3.05) is 31.1 Å². The summed E-state index contributed by atoms with van der Waals surface area (Å²) in [6.45, 7) is 4.90. The van der Waals surface area contributed by atoms with Crippen molar-refractivity contribution >= 4 is 39.4 Å². The number of carbonyl (C=O) groups excluding carboxylic acids is 1. The molecule has 0 unspecified atom stereocenters. The number of amides is 1. The number of aromatic nitrogens is 2. The van der Waals surface area contributed by atoms with Crippen molar-refractivity contribution in [3.05, 3.63) is 59.0 Å². The Bertz CT molecular complexity index is 1010. The zero-order valence-electron chi connectivity index (χ0n) is 15.6. The maximum absolute atomic E-state index is 13.0. The smallest absolute Gasteiger partial charge is 0.246 e. The van der Waals surface area contributed by atoms with E-state index in [0.717, 1.165) is 41.1 Å². The van der Waals surface area contributed by atoms with E-state index < -0.39 is 0 Å². The van der Waals surface area contributed by atoms with Crippen molar-refractivity contribution in [2.24, 2.45) is 0 Å². The molecule has 2 aromatic heterocycles. The molecule has 144 valence electrons. The molecule has 1 saturated heterocycles. The van der Waals surface area contributed by atoms with Crippen LogP contribution in [0.25, 0.3) is 16.3 Å². The number of aryl methyl sites for hydroxylation is 1. The van der Waals surface area contributed by atoms with Crippen LogP contribution in [0.1, 0.15) is 17.4 Å². The van der Waals surface area contributed by atoms with Gasteiger partial charge in [0, 0.05) is 37.1 Å². The van der Waals surface area contributed by atoms with Gasteiger partial charge < -0.3 is 9.80 Å². The fourth-order valence-corrected chi connectivity index (χ4v) is 4.23. The summed E-state index contributed by atoms with van der Waals surface area (Å²) in [4.78, 5) is 27.7. The first-order valence-electron chi connectivity index (χ1n) is 9.35. The predicted octanol–water partition coefficient (Wildman–Crippen LogP) is 3.75. The average molecular weight is 396 g/mol.